The maximum Gasteiger partial charge on any atom is 0.270 e. The highest BCUT2D eigenvalue weighted by Crippen LogP contribution is 2.20. The van der Waals surface area contributed by atoms with E-state index in [0.29, 0.717) is 23.4 Å². The molecule has 3 N–H and O–H groups in total. The van der Waals surface area contributed by atoms with Gasteiger partial charge in [0.2, 0.25) is 0 Å². The van der Waals surface area contributed by atoms with Gasteiger partial charge in [0.05, 0.1) is 12.1 Å². The van der Waals surface area contributed by atoms with Crippen molar-refractivity contribution in [3.63, 3.8) is 0 Å². The molecule has 0 aliphatic rings. The highest BCUT2D eigenvalue weighted by Gasteiger charge is 2.11. The molecular formula is C15H14N4OS. The number of nitrogens with two attached hydrogens (primary N) is 1. The summed E-state index contributed by atoms with van der Waals surface area (Å²) in [5.74, 6) is -0.250. The first-order valence-corrected chi connectivity index (χ1v) is 7.36. The van der Waals surface area contributed by atoms with Gasteiger partial charge >= 0.3 is 0 Å². The maximum atomic E-state index is 12.2. The van der Waals surface area contributed by atoms with Crippen LogP contribution in [0.25, 0.3) is 10.9 Å². The van der Waals surface area contributed by atoms with Gasteiger partial charge in [0.15, 0.2) is 0 Å². The van der Waals surface area contributed by atoms with Crippen molar-refractivity contribution in [2.45, 2.75) is 13.5 Å². The number of para-hydroxylation sites is 1. The molecule has 3 rings (SSSR count). The predicted octanol–water partition coefficient (Wildman–Crippen LogP) is 2.51. The van der Waals surface area contributed by atoms with Crippen LogP contribution < -0.4 is 11.1 Å². The van der Waals surface area contributed by atoms with Crippen LogP contribution in [0.15, 0.2) is 35.7 Å². The minimum atomic E-state index is -0.250. The number of benzene rings is 1. The average Bonchev–Trinajstić information content (AvgIpc) is 2.90. The number of anilines is 1. The maximum absolute atomic E-state index is 12.2. The van der Waals surface area contributed by atoms with Gasteiger partial charge in [-0.2, -0.15) is 0 Å². The van der Waals surface area contributed by atoms with Gasteiger partial charge in [-0.25, -0.2) is 9.97 Å². The second-order valence-electron chi connectivity index (χ2n) is 4.68. The van der Waals surface area contributed by atoms with Gasteiger partial charge in [-0.1, -0.05) is 18.2 Å². The lowest BCUT2D eigenvalue weighted by molar-refractivity contribution is 0.0946. The van der Waals surface area contributed by atoms with Crippen LogP contribution in [0.3, 0.4) is 0 Å². The number of fused-ring (bicyclic) bond motifs is 1. The van der Waals surface area contributed by atoms with Gasteiger partial charge in [-0.15, -0.1) is 11.3 Å². The predicted molar refractivity (Wildman–Crippen MR) is 84.2 cm³/mol. The van der Waals surface area contributed by atoms with Crippen molar-refractivity contribution in [1.82, 2.24) is 15.3 Å². The molecule has 0 aliphatic heterocycles. The normalized spacial score (nSPS) is 10.7. The Kier molecular flexibility index (Phi) is 3.53. The third-order valence-electron chi connectivity index (χ3n) is 3.05. The number of amides is 1. The van der Waals surface area contributed by atoms with E-state index in [1.54, 1.807) is 6.07 Å². The molecule has 0 spiro atoms. The van der Waals surface area contributed by atoms with Crippen LogP contribution >= 0.6 is 11.3 Å². The fourth-order valence-corrected chi connectivity index (χ4v) is 2.76. The number of pyridine rings is 1. The van der Waals surface area contributed by atoms with E-state index in [9.17, 15) is 4.79 Å². The van der Waals surface area contributed by atoms with Crippen molar-refractivity contribution >= 4 is 33.8 Å². The molecule has 0 unspecified atom stereocenters. The lowest BCUT2D eigenvalue weighted by atomic mass is 10.1. The van der Waals surface area contributed by atoms with Crippen molar-refractivity contribution in [3.8, 4) is 0 Å². The molecule has 0 bridgehead atoms. The van der Waals surface area contributed by atoms with E-state index >= 15 is 0 Å². The van der Waals surface area contributed by atoms with Crippen LogP contribution in [0.5, 0.6) is 0 Å². The largest absolute Gasteiger partial charge is 0.398 e. The van der Waals surface area contributed by atoms with Crippen molar-refractivity contribution in [2.24, 2.45) is 0 Å². The van der Waals surface area contributed by atoms with Gasteiger partial charge in [0.25, 0.3) is 5.91 Å². The van der Waals surface area contributed by atoms with E-state index in [1.807, 2.05) is 36.6 Å². The van der Waals surface area contributed by atoms with Gasteiger partial charge < -0.3 is 11.1 Å². The topological polar surface area (TPSA) is 80.9 Å². The van der Waals surface area contributed by atoms with Gasteiger partial charge in [-0.3, -0.25) is 4.79 Å². The SMILES string of the molecule is Cc1csc(CNC(=O)c2cc(N)c3ccccc3n2)n1. The molecule has 1 amide bonds. The number of thiazole rings is 1. The number of nitrogen functional groups attached to an aromatic ring is 1. The van der Waals surface area contributed by atoms with E-state index in [1.165, 1.54) is 11.3 Å². The van der Waals surface area contributed by atoms with Crippen LogP contribution in [0, 0.1) is 6.92 Å². The molecule has 5 nitrogen and oxygen atoms in total. The van der Waals surface area contributed by atoms with Crippen molar-refractivity contribution in [1.29, 1.82) is 0 Å². The molecule has 3 aromatic rings. The molecule has 106 valence electrons. The molecule has 2 aromatic heterocycles. The Labute approximate surface area is 125 Å². The summed E-state index contributed by atoms with van der Waals surface area (Å²) in [6, 6.07) is 9.09. The molecular weight excluding hydrogens is 284 g/mol. The van der Waals surface area contributed by atoms with Gasteiger partial charge in [0.1, 0.15) is 10.7 Å². The van der Waals surface area contributed by atoms with Crippen molar-refractivity contribution in [2.75, 3.05) is 5.73 Å². The molecule has 0 fully saturated rings. The molecule has 0 radical (unpaired) electrons. The number of carbonyl (C=O) groups excluding carboxylic acids is 1. The first-order valence-electron chi connectivity index (χ1n) is 6.48. The lowest BCUT2D eigenvalue weighted by Gasteiger charge is -2.06. The minimum Gasteiger partial charge on any atom is -0.398 e. The van der Waals surface area contributed by atoms with E-state index in [2.05, 4.69) is 15.3 Å². The fourth-order valence-electron chi connectivity index (χ4n) is 2.05. The highest BCUT2D eigenvalue weighted by atomic mass is 32.1. The van der Waals surface area contributed by atoms with Crippen LogP contribution in [0.2, 0.25) is 0 Å². The Bertz CT molecular complexity index is 812. The molecule has 2 heterocycles. The van der Waals surface area contributed by atoms with Crippen LogP contribution in [-0.4, -0.2) is 15.9 Å². The molecule has 0 atom stereocenters. The summed E-state index contributed by atoms with van der Waals surface area (Å²) in [6.45, 7) is 2.32. The smallest absolute Gasteiger partial charge is 0.270 e. The zero-order chi connectivity index (χ0) is 14.8. The quantitative estimate of drug-likeness (QED) is 0.778. The van der Waals surface area contributed by atoms with Crippen LogP contribution in [-0.2, 0) is 6.54 Å². The highest BCUT2D eigenvalue weighted by molar-refractivity contribution is 7.09. The van der Waals surface area contributed by atoms with E-state index in [0.717, 1.165) is 16.1 Å². The number of carbonyl (C=O) groups is 1. The summed E-state index contributed by atoms with van der Waals surface area (Å²) >= 11 is 1.52. The summed E-state index contributed by atoms with van der Waals surface area (Å²) < 4.78 is 0. The monoisotopic (exact) mass is 298 g/mol. The van der Waals surface area contributed by atoms with Gasteiger partial charge in [0, 0.05) is 22.1 Å². The van der Waals surface area contributed by atoms with E-state index in [4.69, 9.17) is 5.73 Å². The Morgan fingerprint density at radius 1 is 1.33 bits per heavy atom. The average molecular weight is 298 g/mol. The Hall–Kier alpha value is -2.47. The number of nitrogens with zero attached hydrogens (tertiary/aromatic N) is 2. The lowest BCUT2D eigenvalue weighted by Crippen LogP contribution is -2.24. The standard InChI is InChI=1S/C15H14N4OS/c1-9-8-21-14(18-9)7-17-15(20)13-6-11(16)10-4-2-3-5-12(10)19-13/h2-6,8H,7H2,1H3,(H2,16,19)(H,17,20). The van der Waals surface area contributed by atoms with Crippen LogP contribution in [0.1, 0.15) is 21.2 Å². The van der Waals surface area contributed by atoms with Crippen molar-refractivity contribution < 1.29 is 4.79 Å². The second kappa shape index (κ2) is 5.49. The van der Waals surface area contributed by atoms with Crippen LogP contribution in [0.4, 0.5) is 5.69 Å². The third kappa shape index (κ3) is 2.85. The molecule has 6 heteroatoms. The molecule has 0 saturated carbocycles. The van der Waals surface area contributed by atoms with E-state index in [-0.39, 0.29) is 5.91 Å². The molecule has 0 saturated heterocycles. The first kappa shape index (κ1) is 13.5. The first-order chi connectivity index (χ1) is 10.1. The summed E-state index contributed by atoms with van der Waals surface area (Å²) in [5, 5.41) is 6.49. The minimum absolute atomic E-state index is 0.250. The third-order valence-corrected chi connectivity index (χ3v) is 4.01. The fraction of sp³-hybridized carbons (Fsp3) is 0.133. The number of rotatable bonds is 3. The molecule has 21 heavy (non-hydrogen) atoms. The Morgan fingerprint density at radius 2 is 2.14 bits per heavy atom. The second-order valence-corrected chi connectivity index (χ2v) is 5.62. The number of hydrogen-bond donors (Lipinski definition) is 2. The van der Waals surface area contributed by atoms with E-state index < -0.39 is 0 Å². The Morgan fingerprint density at radius 3 is 2.90 bits per heavy atom. The number of aryl methyl sites for hydroxylation is 1. The number of hydrogen-bond acceptors (Lipinski definition) is 5. The van der Waals surface area contributed by atoms with Gasteiger partial charge in [-0.05, 0) is 19.1 Å². The summed E-state index contributed by atoms with van der Waals surface area (Å²) in [5.41, 5.74) is 8.52. The Balaban J connectivity index is 1.81. The summed E-state index contributed by atoms with van der Waals surface area (Å²) in [6.07, 6.45) is 0. The summed E-state index contributed by atoms with van der Waals surface area (Å²) in [7, 11) is 0. The molecule has 1 aromatic carbocycles. The number of nitrogens with one attached hydrogen (secondary N) is 1. The summed E-state index contributed by atoms with van der Waals surface area (Å²) in [4.78, 5) is 20.8. The zero-order valence-electron chi connectivity index (χ0n) is 11.5. The number of aromatic nitrogens is 2. The van der Waals surface area contributed by atoms with Crippen molar-refractivity contribution in [3.05, 3.63) is 52.1 Å². The molecule has 0 aliphatic carbocycles. The zero-order valence-corrected chi connectivity index (χ0v) is 12.3.